The van der Waals surface area contributed by atoms with Crippen LogP contribution in [0, 0.1) is 24.1 Å². The van der Waals surface area contributed by atoms with E-state index in [9.17, 15) is 4.39 Å². The lowest BCUT2D eigenvalue weighted by molar-refractivity contribution is 0.459. The molecule has 1 heterocycles. The number of ether oxygens (including phenoxy) is 1. The van der Waals surface area contributed by atoms with Crippen molar-refractivity contribution in [3.8, 4) is 17.7 Å². The second-order valence-electron chi connectivity index (χ2n) is 3.70. The van der Waals surface area contributed by atoms with Crippen LogP contribution < -0.4 is 10.5 Å². The number of rotatable bonds is 2. The van der Waals surface area contributed by atoms with Gasteiger partial charge in [-0.1, -0.05) is 0 Å². The highest BCUT2D eigenvalue weighted by Crippen LogP contribution is 2.26. The number of halogens is 1. The zero-order chi connectivity index (χ0) is 13.1. The van der Waals surface area contributed by atoms with Crippen molar-refractivity contribution in [1.82, 2.24) is 4.98 Å². The van der Waals surface area contributed by atoms with Crippen LogP contribution in [0.3, 0.4) is 0 Å². The topological polar surface area (TPSA) is 71.9 Å². The first-order valence-electron chi connectivity index (χ1n) is 5.21. The van der Waals surface area contributed by atoms with Gasteiger partial charge in [-0.25, -0.2) is 9.37 Å². The predicted molar refractivity (Wildman–Crippen MR) is 64.6 cm³/mol. The van der Waals surface area contributed by atoms with Crippen LogP contribution in [0.1, 0.15) is 11.3 Å². The second-order valence-corrected chi connectivity index (χ2v) is 3.70. The van der Waals surface area contributed by atoms with Gasteiger partial charge in [0.05, 0.1) is 11.3 Å². The van der Waals surface area contributed by atoms with Crippen LogP contribution in [0.2, 0.25) is 0 Å². The van der Waals surface area contributed by atoms with Crippen molar-refractivity contribution in [2.75, 3.05) is 5.73 Å². The van der Waals surface area contributed by atoms with Gasteiger partial charge in [-0.3, -0.25) is 0 Å². The Morgan fingerprint density at radius 3 is 2.78 bits per heavy atom. The molecule has 5 heteroatoms. The third kappa shape index (κ3) is 2.38. The number of anilines is 1. The Kier molecular flexibility index (Phi) is 3.11. The van der Waals surface area contributed by atoms with Crippen molar-refractivity contribution in [3.63, 3.8) is 0 Å². The molecular weight excluding hydrogens is 233 g/mol. The Bertz CT molecular complexity index is 635. The largest absolute Gasteiger partial charge is 0.437 e. The normalized spacial score (nSPS) is 9.83. The highest BCUT2D eigenvalue weighted by atomic mass is 19.1. The van der Waals surface area contributed by atoms with Gasteiger partial charge in [-0.15, -0.1) is 0 Å². The van der Waals surface area contributed by atoms with Gasteiger partial charge >= 0.3 is 0 Å². The molecule has 18 heavy (non-hydrogen) atoms. The van der Waals surface area contributed by atoms with Crippen molar-refractivity contribution in [2.45, 2.75) is 6.92 Å². The molecule has 0 fully saturated rings. The average molecular weight is 243 g/mol. The smallest absolute Gasteiger partial charge is 0.242 e. The number of nitrogens with two attached hydrogens (primary N) is 1. The summed E-state index contributed by atoms with van der Waals surface area (Å²) in [6.45, 7) is 1.80. The summed E-state index contributed by atoms with van der Waals surface area (Å²) in [5.41, 5.74) is 6.77. The lowest BCUT2D eigenvalue weighted by Crippen LogP contribution is -1.97. The fraction of sp³-hybridized carbons (Fsp3) is 0.0769. The van der Waals surface area contributed by atoms with Crippen molar-refractivity contribution >= 4 is 5.69 Å². The minimum absolute atomic E-state index is 0.0347. The molecular formula is C13H10FN3O. The van der Waals surface area contributed by atoms with Crippen LogP contribution in [0.4, 0.5) is 10.1 Å². The molecule has 2 rings (SSSR count). The van der Waals surface area contributed by atoms with Crippen LogP contribution in [0.15, 0.2) is 30.3 Å². The first-order valence-corrected chi connectivity index (χ1v) is 5.21. The molecule has 1 aromatic carbocycles. The van der Waals surface area contributed by atoms with Crippen molar-refractivity contribution < 1.29 is 9.13 Å². The zero-order valence-electron chi connectivity index (χ0n) is 9.64. The molecule has 0 bridgehead atoms. The third-order valence-corrected chi connectivity index (χ3v) is 2.30. The molecule has 90 valence electrons. The van der Waals surface area contributed by atoms with E-state index in [2.05, 4.69) is 4.98 Å². The lowest BCUT2D eigenvalue weighted by atomic mass is 10.2. The van der Waals surface area contributed by atoms with E-state index in [0.29, 0.717) is 5.69 Å². The summed E-state index contributed by atoms with van der Waals surface area (Å²) in [5.74, 6) is -0.170. The first kappa shape index (κ1) is 11.9. The molecule has 0 spiro atoms. The van der Waals surface area contributed by atoms with Crippen LogP contribution in [0.5, 0.6) is 11.6 Å². The summed E-state index contributed by atoms with van der Waals surface area (Å²) in [4.78, 5) is 4.11. The monoisotopic (exact) mass is 243 g/mol. The Balaban J connectivity index is 2.32. The molecule has 0 aliphatic heterocycles. The van der Waals surface area contributed by atoms with Crippen LogP contribution >= 0.6 is 0 Å². The van der Waals surface area contributed by atoms with Gasteiger partial charge < -0.3 is 10.5 Å². The summed E-state index contributed by atoms with van der Waals surface area (Å²) >= 11 is 0. The number of nitriles is 1. The number of pyridine rings is 1. The van der Waals surface area contributed by atoms with E-state index in [1.807, 2.05) is 0 Å². The van der Waals surface area contributed by atoms with E-state index in [1.165, 1.54) is 12.1 Å². The molecule has 2 aromatic rings. The summed E-state index contributed by atoms with van der Waals surface area (Å²) in [7, 11) is 0. The Hall–Kier alpha value is -2.61. The summed E-state index contributed by atoms with van der Waals surface area (Å²) in [6, 6.07) is 9.11. The minimum atomic E-state index is -0.638. The van der Waals surface area contributed by atoms with E-state index >= 15 is 0 Å². The van der Waals surface area contributed by atoms with Crippen LogP contribution in [0.25, 0.3) is 0 Å². The van der Waals surface area contributed by atoms with Crippen molar-refractivity contribution in [2.24, 2.45) is 0 Å². The van der Waals surface area contributed by atoms with Gasteiger partial charge in [-0.2, -0.15) is 5.26 Å². The predicted octanol–water partition coefficient (Wildman–Crippen LogP) is 2.78. The molecule has 0 atom stereocenters. The minimum Gasteiger partial charge on any atom is -0.437 e. The average Bonchev–Trinajstić information content (AvgIpc) is 2.34. The number of benzene rings is 1. The van der Waals surface area contributed by atoms with Crippen molar-refractivity contribution in [3.05, 3.63) is 47.4 Å². The van der Waals surface area contributed by atoms with Gasteiger partial charge in [0.1, 0.15) is 17.6 Å². The van der Waals surface area contributed by atoms with Crippen LogP contribution in [-0.4, -0.2) is 4.98 Å². The summed E-state index contributed by atoms with van der Waals surface area (Å²) in [6.07, 6.45) is 0. The van der Waals surface area contributed by atoms with Crippen LogP contribution in [-0.2, 0) is 0 Å². The summed E-state index contributed by atoms with van der Waals surface area (Å²) < 4.78 is 18.8. The Morgan fingerprint density at radius 2 is 2.11 bits per heavy atom. The molecule has 0 aliphatic rings. The van der Waals surface area contributed by atoms with Gasteiger partial charge in [0, 0.05) is 11.8 Å². The fourth-order valence-electron chi connectivity index (χ4n) is 1.39. The number of hydrogen-bond donors (Lipinski definition) is 1. The molecule has 0 unspecified atom stereocenters. The maximum absolute atomic E-state index is 13.4. The van der Waals surface area contributed by atoms with Gasteiger partial charge in [0.25, 0.3) is 0 Å². The molecule has 0 radical (unpaired) electrons. The molecule has 0 saturated heterocycles. The molecule has 0 aliphatic carbocycles. The standard InChI is InChI=1S/C13H10FN3O/c1-8-2-5-12(16)13(17-8)18-10-4-3-9(7-15)11(14)6-10/h2-6H,16H2,1H3. The highest BCUT2D eigenvalue weighted by Gasteiger charge is 2.07. The highest BCUT2D eigenvalue weighted by molar-refractivity contribution is 5.50. The molecule has 1 aromatic heterocycles. The first-order chi connectivity index (χ1) is 8.60. The molecule has 0 amide bonds. The van der Waals surface area contributed by atoms with Gasteiger partial charge in [0.2, 0.25) is 5.88 Å². The van der Waals surface area contributed by atoms with E-state index in [0.717, 1.165) is 11.8 Å². The van der Waals surface area contributed by atoms with Gasteiger partial charge in [0.15, 0.2) is 0 Å². The van der Waals surface area contributed by atoms with E-state index in [-0.39, 0.29) is 17.2 Å². The molecule has 4 nitrogen and oxygen atoms in total. The fourth-order valence-corrected chi connectivity index (χ4v) is 1.39. The van der Waals surface area contributed by atoms with E-state index in [4.69, 9.17) is 15.7 Å². The number of nitrogen functional groups attached to an aromatic ring is 1. The maximum Gasteiger partial charge on any atom is 0.242 e. The van der Waals surface area contributed by atoms with Gasteiger partial charge in [-0.05, 0) is 31.2 Å². The number of hydrogen-bond acceptors (Lipinski definition) is 4. The van der Waals surface area contributed by atoms with Crippen molar-refractivity contribution in [1.29, 1.82) is 5.26 Å². The maximum atomic E-state index is 13.4. The molecule has 2 N–H and O–H groups in total. The SMILES string of the molecule is Cc1ccc(N)c(Oc2ccc(C#N)c(F)c2)n1. The Labute approximate surface area is 103 Å². The summed E-state index contributed by atoms with van der Waals surface area (Å²) in [5, 5.41) is 8.62. The molecule has 0 saturated carbocycles. The van der Waals surface area contributed by atoms with E-state index < -0.39 is 5.82 Å². The zero-order valence-corrected chi connectivity index (χ0v) is 9.64. The quantitative estimate of drug-likeness (QED) is 0.880. The lowest BCUT2D eigenvalue weighted by Gasteiger charge is -2.08. The second kappa shape index (κ2) is 4.72. The number of aryl methyl sites for hydroxylation is 1. The van der Waals surface area contributed by atoms with E-state index in [1.54, 1.807) is 25.1 Å². The Morgan fingerprint density at radius 1 is 1.33 bits per heavy atom. The number of nitrogens with zero attached hydrogens (tertiary/aromatic N) is 2. The third-order valence-electron chi connectivity index (χ3n) is 2.30. The number of aromatic nitrogens is 1.